The van der Waals surface area contributed by atoms with Gasteiger partial charge in [0, 0.05) is 34.4 Å². The molecule has 6 nitrogen and oxygen atoms in total. The number of amides is 1. The first-order chi connectivity index (χ1) is 15.0. The number of hydrogen-bond donors (Lipinski definition) is 2. The van der Waals surface area contributed by atoms with E-state index in [1.54, 1.807) is 17.5 Å². The molecule has 1 aliphatic rings. The van der Waals surface area contributed by atoms with Crippen LogP contribution in [0, 0.1) is 13.8 Å². The number of thiocarbonyl (C=S) groups is 1. The van der Waals surface area contributed by atoms with Gasteiger partial charge in [-0.15, -0.1) is 11.3 Å². The second-order valence-electron chi connectivity index (χ2n) is 7.43. The van der Waals surface area contributed by atoms with Gasteiger partial charge in [-0.1, -0.05) is 6.07 Å². The van der Waals surface area contributed by atoms with Crippen LogP contribution in [0.5, 0.6) is 0 Å². The molecule has 1 fully saturated rings. The van der Waals surface area contributed by atoms with E-state index in [0.717, 1.165) is 22.6 Å². The van der Waals surface area contributed by atoms with E-state index in [9.17, 15) is 4.79 Å². The van der Waals surface area contributed by atoms with Gasteiger partial charge in [0.15, 0.2) is 5.11 Å². The number of methoxy groups -OCH3 is 1. The molecule has 0 spiro atoms. The number of thiophene rings is 1. The number of anilines is 2. The van der Waals surface area contributed by atoms with Gasteiger partial charge in [0.05, 0.1) is 17.8 Å². The quantitative estimate of drug-likeness (QED) is 0.536. The smallest absolute Gasteiger partial charge is 0.250 e. The van der Waals surface area contributed by atoms with Crippen LogP contribution in [0.4, 0.5) is 11.4 Å². The Morgan fingerprint density at radius 1 is 1.26 bits per heavy atom. The van der Waals surface area contributed by atoms with Crippen molar-refractivity contribution in [1.82, 2.24) is 10.3 Å². The second-order valence-corrected chi connectivity index (χ2v) is 9.13. The average molecular weight is 453 g/mol. The highest BCUT2D eigenvalue weighted by Crippen LogP contribution is 2.44. The third-order valence-corrected chi connectivity index (χ3v) is 6.57. The van der Waals surface area contributed by atoms with Crippen molar-refractivity contribution in [3.8, 4) is 0 Å². The van der Waals surface area contributed by atoms with Gasteiger partial charge in [-0.05, 0) is 74.1 Å². The Hall–Kier alpha value is -2.81. The number of hydrogen-bond acceptors (Lipinski definition) is 5. The first-order valence-electron chi connectivity index (χ1n) is 9.94. The highest BCUT2D eigenvalue weighted by Gasteiger charge is 2.41. The molecule has 2 aromatic heterocycles. The van der Waals surface area contributed by atoms with Gasteiger partial charge in [-0.2, -0.15) is 0 Å². The summed E-state index contributed by atoms with van der Waals surface area (Å²) in [5, 5.41) is 7.01. The lowest BCUT2D eigenvalue weighted by Crippen LogP contribution is -2.29. The van der Waals surface area contributed by atoms with Crippen LogP contribution < -0.4 is 15.5 Å². The Morgan fingerprint density at radius 2 is 2.10 bits per heavy atom. The van der Waals surface area contributed by atoms with E-state index in [-0.39, 0.29) is 24.6 Å². The van der Waals surface area contributed by atoms with Gasteiger partial charge in [-0.25, -0.2) is 0 Å². The zero-order valence-corrected chi connectivity index (χ0v) is 19.2. The van der Waals surface area contributed by atoms with Crippen LogP contribution in [0.1, 0.15) is 33.1 Å². The zero-order valence-electron chi connectivity index (χ0n) is 17.6. The number of carbonyl (C=O) groups excluding carboxylic acids is 1. The summed E-state index contributed by atoms with van der Waals surface area (Å²) in [5.74, 6) is -0.182. The van der Waals surface area contributed by atoms with Gasteiger partial charge >= 0.3 is 0 Å². The maximum atomic E-state index is 11.9. The summed E-state index contributed by atoms with van der Waals surface area (Å²) < 4.78 is 4.90. The predicted octanol–water partition coefficient (Wildman–Crippen LogP) is 4.52. The highest BCUT2D eigenvalue weighted by atomic mass is 32.1. The molecular formula is C23H24N4O2S2. The number of aromatic nitrogens is 1. The van der Waals surface area contributed by atoms with Gasteiger partial charge < -0.3 is 20.3 Å². The van der Waals surface area contributed by atoms with Crippen molar-refractivity contribution < 1.29 is 9.53 Å². The van der Waals surface area contributed by atoms with Crippen LogP contribution in [0.25, 0.3) is 0 Å². The SMILES string of the molecule is COCC(=O)Nc1ccc(N2C(=S)N[C@H](c3ccccn3)[C@@H]2c2ccc(C)s2)cc1C. The number of aryl methyl sites for hydroxylation is 2. The monoisotopic (exact) mass is 452 g/mol. The Morgan fingerprint density at radius 3 is 2.74 bits per heavy atom. The number of benzene rings is 1. The van der Waals surface area contributed by atoms with Gasteiger partial charge in [0.25, 0.3) is 0 Å². The molecule has 1 aromatic carbocycles. The Kier molecular flexibility index (Phi) is 6.31. The van der Waals surface area contributed by atoms with E-state index < -0.39 is 0 Å². The molecule has 0 radical (unpaired) electrons. The van der Waals surface area contributed by atoms with Gasteiger partial charge in [0.2, 0.25) is 5.91 Å². The molecule has 1 amide bonds. The van der Waals surface area contributed by atoms with Crippen molar-refractivity contribution in [3.63, 3.8) is 0 Å². The number of carbonyl (C=O) groups is 1. The summed E-state index contributed by atoms with van der Waals surface area (Å²) in [7, 11) is 1.50. The van der Waals surface area contributed by atoms with Crippen molar-refractivity contribution in [2.75, 3.05) is 23.9 Å². The van der Waals surface area contributed by atoms with Crippen molar-refractivity contribution in [1.29, 1.82) is 0 Å². The van der Waals surface area contributed by atoms with Crippen LogP contribution >= 0.6 is 23.6 Å². The molecule has 0 unspecified atom stereocenters. The molecule has 31 heavy (non-hydrogen) atoms. The number of pyridine rings is 1. The fourth-order valence-corrected chi connectivity index (χ4v) is 5.14. The molecule has 2 atom stereocenters. The molecule has 0 saturated carbocycles. The lowest BCUT2D eigenvalue weighted by molar-refractivity contribution is -0.119. The summed E-state index contributed by atoms with van der Waals surface area (Å²) in [6, 6.07) is 16.1. The molecular weight excluding hydrogens is 428 g/mol. The first-order valence-corrected chi connectivity index (χ1v) is 11.2. The van der Waals surface area contributed by atoms with E-state index in [2.05, 4.69) is 39.6 Å². The number of rotatable bonds is 6. The van der Waals surface area contributed by atoms with Crippen LogP contribution in [-0.4, -0.2) is 29.7 Å². The van der Waals surface area contributed by atoms with Gasteiger partial charge in [-0.3, -0.25) is 9.78 Å². The number of ether oxygens (including phenoxy) is 1. The maximum Gasteiger partial charge on any atom is 0.250 e. The number of nitrogens with one attached hydrogen (secondary N) is 2. The molecule has 3 heterocycles. The van der Waals surface area contributed by atoms with E-state index in [0.29, 0.717) is 5.11 Å². The van der Waals surface area contributed by atoms with Crippen molar-refractivity contribution in [2.45, 2.75) is 25.9 Å². The minimum atomic E-state index is -0.182. The lowest BCUT2D eigenvalue weighted by Gasteiger charge is -2.27. The molecule has 3 aromatic rings. The molecule has 8 heteroatoms. The molecule has 1 aliphatic heterocycles. The predicted molar refractivity (Wildman–Crippen MR) is 129 cm³/mol. The highest BCUT2D eigenvalue weighted by molar-refractivity contribution is 7.80. The van der Waals surface area contributed by atoms with Gasteiger partial charge in [0.1, 0.15) is 6.61 Å². The third-order valence-electron chi connectivity index (χ3n) is 5.19. The van der Waals surface area contributed by atoms with Crippen LogP contribution in [0.2, 0.25) is 0 Å². The minimum absolute atomic E-state index is 0.0190. The zero-order chi connectivity index (χ0) is 22.0. The topological polar surface area (TPSA) is 66.5 Å². The van der Waals surface area contributed by atoms with E-state index in [4.69, 9.17) is 17.0 Å². The van der Waals surface area contributed by atoms with E-state index in [1.807, 2.05) is 43.3 Å². The summed E-state index contributed by atoms with van der Waals surface area (Å²) in [5.41, 5.74) is 3.62. The number of nitrogens with zero attached hydrogens (tertiary/aromatic N) is 2. The summed E-state index contributed by atoms with van der Waals surface area (Å²) in [6.07, 6.45) is 1.81. The summed E-state index contributed by atoms with van der Waals surface area (Å²) in [4.78, 5) is 21.1. The van der Waals surface area contributed by atoms with Crippen molar-refractivity contribution in [2.24, 2.45) is 0 Å². The maximum absolute atomic E-state index is 11.9. The fourth-order valence-electron chi connectivity index (χ4n) is 3.79. The largest absolute Gasteiger partial charge is 0.375 e. The molecule has 1 saturated heterocycles. The first kappa shape index (κ1) is 21.4. The molecule has 4 rings (SSSR count). The molecule has 0 aliphatic carbocycles. The Bertz CT molecular complexity index is 1100. The molecule has 160 valence electrons. The average Bonchev–Trinajstić information content (AvgIpc) is 3.33. The van der Waals surface area contributed by atoms with Crippen molar-refractivity contribution >= 4 is 45.9 Å². The molecule has 0 bridgehead atoms. The third kappa shape index (κ3) is 4.46. The van der Waals surface area contributed by atoms with Crippen LogP contribution in [-0.2, 0) is 9.53 Å². The van der Waals surface area contributed by atoms with Crippen LogP contribution in [0.3, 0.4) is 0 Å². The minimum Gasteiger partial charge on any atom is -0.375 e. The van der Waals surface area contributed by atoms with Crippen LogP contribution in [0.15, 0.2) is 54.7 Å². The Balaban J connectivity index is 1.71. The van der Waals surface area contributed by atoms with E-state index in [1.165, 1.54) is 16.9 Å². The standard InChI is InChI=1S/C23H24N4O2S2/c1-14-12-16(8-9-17(14)25-20(28)13-29-3)27-22(19-10-7-15(2)31-19)21(26-23(27)30)18-6-4-5-11-24-18/h4-12,21-22H,13H2,1-3H3,(H,25,28)(H,26,30)/t21-,22+/m1/s1. The normalized spacial score (nSPS) is 18.2. The Labute approximate surface area is 191 Å². The fraction of sp³-hybridized carbons (Fsp3) is 0.261. The summed E-state index contributed by atoms with van der Waals surface area (Å²) in [6.45, 7) is 4.10. The summed E-state index contributed by atoms with van der Waals surface area (Å²) >= 11 is 7.53. The van der Waals surface area contributed by atoms with Crippen molar-refractivity contribution in [3.05, 3.63) is 75.7 Å². The lowest BCUT2D eigenvalue weighted by atomic mass is 10.0. The second kappa shape index (κ2) is 9.13. The van der Waals surface area contributed by atoms with E-state index >= 15 is 0 Å². The molecule has 2 N–H and O–H groups in total.